The molecule has 0 aliphatic heterocycles. The summed E-state index contributed by atoms with van der Waals surface area (Å²) in [6.45, 7) is 8.36. The van der Waals surface area contributed by atoms with Crippen LogP contribution in [0.1, 0.15) is 72.6 Å². The summed E-state index contributed by atoms with van der Waals surface area (Å²) in [6, 6.07) is 0. The molecule has 29 heavy (non-hydrogen) atoms. The lowest BCUT2D eigenvalue weighted by atomic mass is 9.44. The lowest BCUT2D eigenvalue weighted by Crippen LogP contribution is -2.59. The third-order valence-electron chi connectivity index (χ3n) is 9.36. The van der Waals surface area contributed by atoms with Crippen molar-refractivity contribution in [3.8, 4) is 0 Å². The summed E-state index contributed by atoms with van der Waals surface area (Å²) < 4.78 is 5.86. The third-order valence-corrected chi connectivity index (χ3v) is 9.58. The Morgan fingerprint density at radius 3 is 2.52 bits per heavy atom. The van der Waals surface area contributed by atoms with E-state index in [2.05, 4.69) is 20.8 Å². The normalized spacial score (nSPS) is 46.2. The SMILES string of the molecule is CC(=O)[C@@]1(OC(=O)CCl)CC[C@H]2[C@@H]3CC(C)C4=CC(=O)CC[C@]4(C)[C@H]3CC[C@@]21C. The van der Waals surface area contributed by atoms with E-state index >= 15 is 0 Å². The van der Waals surface area contributed by atoms with Crippen molar-refractivity contribution < 1.29 is 19.1 Å². The van der Waals surface area contributed by atoms with Crippen LogP contribution in [-0.4, -0.2) is 29.0 Å². The molecular weight excluding hydrogens is 388 g/mol. The van der Waals surface area contributed by atoms with Gasteiger partial charge < -0.3 is 4.74 Å². The van der Waals surface area contributed by atoms with E-state index in [1.54, 1.807) is 6.92 Å². The molecule has 3 saturated carbocycles. The molecule has 0 N–H and O–H groups in total. The zero-order chi connectivity index (χ0) is 21.2. The first-order valence-electron chi connectivity index (χ1n) is 11.1. The second kappa shape index (κ2) is 6.93. The van der Waals surface area contributed by atoms with Crippen LogP contribution in [-0.2, 0) is 19.1 Å². The Hall–Kier alpha value is -1.16. The molecule has 0 aromatic rings. The number of carbonyl (C=O) groups is 3. The average molecular weight is 421 g/mol. The number of fused-ring (bicyclic) bond motifs is 5. The van der Waals surface area contributed by atoms with E-state index in [1.165, 1.54) is 5.57 Å². The number of halogens is 1. The van der Waals surface area contributed by atoms with Gasteiger partial charge in [0.1, 0.15) is 5.88 Å². The van der Waals surface area contributed by atoms with Crippen molar-refractivity contribution in [2.75, 3.05) is 5.88 Å². The molecule has 0 aromatic heterocycles. The quantitative estimate of drug-likeness (QED) is 0.482. The minimum absolute atomic E-state index is 0.0432. The molecule has 0 heterocycles. The molecule has 0 radical (unpaired) electrons. The number of allylic oxidation sites excluding steroid dienone is 1. The number of esters is 1. The number of carbonyl (C=O) groups excluding carboxylic acids is 3. The van der Waals surface area contributed by atoms with E-state index in [4.69, 9.17) is 16.3 Å². The first-order valence-corrected chi connectivity index (χ1v) is 11.7. The molecule has 7 atom stereocenters. The van der Waals surface area contributed by atoms with Crippen molar-refractivity contribution in [1.82, 2.24) is 0 Å². The van der Waals surface area contributed by atoms with Gasteiger partial charge >= 0.3 is 5.97 Å². The summed E-state index contributed by atoms with van der Waals surface area (Å²) in [5, 5.41) is 0. The highest BCUT2D eigenvalue weighted by Crippen LogP contribution is 2.69. The van der Waals surface area contributed by atoms with E-state index in [9.17, 15) is 14.4 Å². The first kappa shape index (κ1) is 21.1. The zero-order valence-electron chi connectivity index (χ0n) is 18.1. The van der Waals surface area contributed by atoms with Crippen molar-refractivity contribution in [2.45, 2.75) is 78.2 Å². The van der Waals surface area contributed by atoms with Crippen molar-refractivity contribution in [3.05, 3.63) is 11.6 Å². The number of rotatable bonds is 3. The second-order valence-electron chi connectivity index (χ2n) is 10.5. The maximum absolute atomic E-state index is 12.9. The predicted molar refractivity (Wildman–Crippen MR) is 111 cm³/mol. The fraction of sp³-hybridized carbons (Fsp3) is 0.792. The van der Waals surface area contributed by atoms with Crippen molar-refractivity contribution in [3.63, 3.8) is 0 Å². The number of hydrogen-bond acceptors (Lipinski definition) is 4. The Morgan fingerprint density at radius 2 is 1.86 bits per heavy atom. The fourth-order valence-corrected chi connectivity index (χ4v) is 8.08. The summed E-state index contributed by atoms with van der Waals surface area (Å²) in [6.07, 6.45) is 7.97. The van der Waals surface area contributed by atoms with E-state index < -0.39 is 11.6 Å². The van der Waals surface area contributed by atoms with Gasteiger partial charge in [0.15, 0.2) is 17.2 Å². The molecular formula is C24H33ClO4. The minimum atomic E-state index is -1.04. The van der Waals surface area contributed by atoms with Crippen LogP contribution in [0.5, 0.6) is 0 Å². The maximum atomic E-state index is 12.9. The van der Waals surface area contributed by atoms with Gasteiger partial charge in [-0.25, -0.2) is 0 Å². The zero-order valence-corrected chi connectivity index (χ0v) is 18.8. The fourth-order valence-electron chi connectivity index (χ4n) is 8.02. The van der Waals surface area contributed by atoms with Gasteiger partial charge in [0.05, 0.1) is 0 Å². The van der Waals surface area contributed by atoms with Gasteiger partial charge in [-0.05, 0) is 80.6 Å². The molecule has 0 bridgehead atoms. The first-order chi connectivity index (χ1) is 13.6. The van der Waals surface area contributed by atoms with Crippen LogP contribution < -0.4 is 0 Å². The topological polar surface area (TPSA) is 60.4 Å². The van der Waals surface area contributed by atoms with Crippen LogP contribution in [0.15, 0.2) is 11.6 Å². The standard InChI is InChI=1S/C24H33ClO4/c1-14-11-17-18(22(3)8-5-16(27)12-20(14)22)6-9-23(4)19(17)7-10-24(23,15(2)26)29-21(28)13-25/h12,14,17-19H,5-11,13H2,1-4H3/t14?,17-,18+,19+,22-,23+,24+/m1/s1. The molecule has 1 unspecified atom stereocenters. The molecule has 160 valence electrons. The molecule has 0 spiro atoms. The van der Waals surface area contributed by atoms with Gasteiger partial charge in [0, 0.05) is 11.8 Å². The summed E-state index contributed by atoms with van der Waals surface area (Å²) in [5.74, 6) is 1.27. The van der Waals surface area contributed by atoms with Crippen LogP contribution in [0.25, 0.3) is 0 Å². The van der Waals surface area contributed by atoms with Crippen molar-refractivity contribution in [1.29, 1.82) is 0 Å². The lowest BCUT2D eigenvalue weighted by molar-refractivity contribution is -0.187. The highest BCUT2D eigenvalue weighted by molar-refractivity contribution is 6.26. The van der Waals surface area contributed by atoms with Crippen LogP contribution >= 0.6 is 11.6 Å². The van der Waals surface area contributed by atoms with Gasteiger partial charge in [-0.2, -0.15) is 0 Å². The van der Waals surface area contributed by atoms with Crippen LogP contribution in [0.4, 0.5) is 0 Å². The molecule has 0 saturated heterocycles. The maximum Gasteiger partial charge on any atom is 0.321 e. The largest absolute Gasteiger partial charge is 0.450 e. The van der Waals surface area contributed by atoms with E-state index in [0.29, 0.717) is 36.5 Å². The smallest absolute Gasteiger partial charge is 0.321 e. The Bertz CT molecular complexity index is 788. The highest BCUT2D eigenvalue weighted by atomic mass is 35.5. The molecule has 4 aliphatic carbocycles. The number of Topliss-reactive ketones (excluding diaryl/α,β-unsaturated/α-hetero) is 1. The van der Waals surface area contributed by atoms with Crippen LogP contribution in [0, 0.1) is 34.5 Å². The van der Waals surface area contributed by atoms with Gasteiger partial charge in [-0.1, -0.05) is 26.3 Å². The van der Waals surface area contributed by atoms with Crippen LogP contribution in [0.2, 0.25) is 0 Å². The third kappa shape index (κ3) is 2.80. The Labute approximate surface area is 178 Å². The number of alkyl halides is 1. The monoisotopic (exact) mass is 420 g/mol. The highest BCUT2D eigenvalue weighted by Gasteiger charge is 2.68. The summed E-state index contributed by atoms with van der Waals surface area (Å²) in [7, 11) is 0. The molecule has 5 heteroatoms. The Kier molecular flexibility index (Phi) is 5.04. The number of ether oxygens (including phenoxy) is 1. The van der Waals surface area contributed by atoms with Crippen LogP contribution in [0.3, 0.4) is 0 Å². The van der Waals surface area contributed by atoms with Gasteiger partial charge in [-0.15, -0.1) is 11.6 Å². The molecule has 4 aliphatic rings. The molecule has 4 rings (SSSR count). The average Bonchev–Trinajstić information content (AvgIpc) is 2.97. The van der Waals surface area contributed by atoms with E-state index in [-0.39, 0.29) is 28.3 Å². The number of hydrogen-bond donors (Lipinski definition) is 0. The summed E-state index contributed by atoms with van der Waals surface area (Å²) in [5.41, 5.74) is 0.0373. The van der Waals surface area contributed by atoms with Gasteiger partial charge in [0.2, 0.25) is 0 Å². The summed E-state index contributed by atoms with van der Waals surface area (Å²) >= 11 is 5.73. The Balaban J connectivity index is 1.72. The molecule has 0 aromatic carbocycles. The van der Waals surface area contributed by atoms with Gasteiger partial charge in [0.25, 0.3) is 0 Å². The lowest BCUT2D eigenvalue weighted by Gasteiger charge is -2.60. The van der Waals surface area contributed by atoms with E-state index in [1.807, 2.05) is 6.08 Å². The Morgan fingerprint density at radius 1 is 1.17 bits per heavy atom. The minimum Gasteiger partial charge on any atom is -0.450 e. The van der Waals surface area contributed by atoms with Crippen molar-refractivity contribution >= 4 is 29.1 Å². The molecule has 4 nitrogen and oxygen atoms in total. The van der Waals surface area contributed by atoms with E-state index in [0.717, 1.165) is 32.1 Å². The molecule has 0 amide bonds. The second-order valence-corrected chi connectivity index (χ2v) is 10.8. The van der Waals surface area contributed by atoms with Gasteiger partial charge in [-0.3, -0.25) is 14.4 Å². The molecule has 3 fully saturated rings. The predicted octanol–water partition coefficient (Wildman–Crippen LogP) is 4.87. The van der Waals surface area contributed by atoms with Crippen molar-refractivity contribution in [2.24, 2.45) is 34.5 Å². The summed E-state index contributed by atoms with van der Waals surface area (Å²) in [4.78, 5) is 37.1. The number of ketones is 2.